The Labute approximate surface area is 124 Å². The van der Waals surface area contributed by atoms with E-state index in [4.69, 9.17) is 4.74 Å². The van der Waals surface area contributed by atoms with Gasteiger partial charge in [-0.2, -0.15) is 5.10 Å². The Hall–Kier alpha value is -1.46. The lowest BCUT2D eigenvalue weighted by molar-refractivity contribution is 0.388. The second-order valence-electron chi connectivity index (χ2n) is 4.63. The second-order valence-corrected chi connectivity index (χ2v) is 5.66. The van der Waals surface area contributed by atoms with Gasteiger partial charge in [-0.25, -0.2) is 0 Å². The lowest BCUT2D eigenvalue weighted by Gasteiger charge is -2.17. The molecule has 108 valence electrons. The Balaban J connectivity index is 2.01. The standard InChI is InChI=1S/C15H21N3OS/c1-3-10-16-13(7-6-12-5-4-11-20-12)14-8-9-15(19-2)18-17-14/h4-5,8-9,11,13,16H,3,6-7,10H2,1-2H3. The third-order valence-electron chi connectivity index (χ3n) is 3.13. The first kappa shape index (κ1) is 14.9. The van der Waals surface area contributed by atoms with Gasteiger partial charge < -0.3 is 10.1 Å². The Morgan fingerprint density at radius 2 is 2.20 bits per heavy atom. The molecule has 0 spiro atoms. The summed E-state index contributed by atoms with van der Waals surface area (Å²) in [5, 5.41) is 14.0. The van der Waals surface area contributed by atoms with Crippen molar-refractivity contribution in [1.82, 2.24) is 15.5 Å². The quantitative estimate of drug-likeness (QED) is 0.811. The summed E-state index contributed by atoms with van der Waals surface area (Å²) in [6.07, 6.45) is 3.20. The second kappa shape index (κ2) is 7.97. The van der Waals surface area contributed by atoms with Crippen LogP contribution in [0, 0.1) is 0 Å². The van der Waals surface area contributed by atoms with Crippen molar-refractivity contribution in [2.75, 3.05) is 13.7 Å². The zero-order valence-corrected chi connectivity index (χ0v) is 12.8. The Bertz CT molecular complexity index is 484. The van der Waals surface area contributed by atoms with Crippen LogP contribution in [0.1, 0.15) is 36.4 Å². The van der Waals surface area contributed by atoms with Gasteiger partial charge in [-0.15, -0.1) is 16.4 Å². The number of ether oxygens (including phenoxy) is 1. The van der Waals surface area contributed by atoms with Gasteiger partial charge in [-0.3, -0.25) is 0 Å². The third-order valence-corrected chi connectivity index (χ3v) is 4.06. The summed E-state index contributed by atoms with van der Waals surface area (Å²) in [6, 6.07) is 8.39. The number of aromatic nitrogens is 2. The number of rotatable bonds is 8. The molecule has 4 nitrogen and oxygen atoms in total. The van der Waals surface area contributed by atoms with Crippen LogP contribution in [0.4, 0.5) is 0 Å². The molecular weight excluding hydrogens is 270 g/mol. The van der Waals surface area contributed by atoms with Gasteiger partial charge in [0.15, 0.2) is 0 Å². The number of methoxy groups -OCH3 is 1. The molecule has 0 aromatic carbocycles. The molecule has 2 aromatic rings. The van der Waals surface area contributed by atoms with Crippen LogP contribution in [0.5, 0.6) is 5.88 Å². The summed E-state index contributed by atoms with van der Waals surface area (Å²) in [4.78, 5) is 1.41. The summed E-state index contributed by atoms with van der Waals surface area (Å²) < 4.78 is 5.06. The Morgan fingerprint density at radius 1 is 1.30 bits per heavy atom. The number of nitrogens with zero attached hydrogens (tertiary/aromatic N) is 2. The molecule has 0 fully saturated rings. The molecule has 2 aromatic heterocycles. The van der Waals surface area contributed by atoms with E-state index in [9.17, 15) is 0 Å². The van der Waals surface area contributed by atoms with Crippen LogP contribution >= 0.6 is 11.3 Å². The fourth-order valence-electron chi connectivity index (χ4n) is 2.04. The molecule has 0 saturated carbocycles. The summed E-state index contributed by atoms with van der Waals surface area (Å²) in [5.74, 6) is 0.557. The number of hydrogen-bond acceptors (Lipinski definition) is 5. The van der Waals surface area contributed by atoms with Gasteiger partial charge >= 0.3 is 0 Å². The van der Waals surface area contributed by atoms with Gasteiger partial charge in [-0.05, 0) is 43.3 Å². The van der Waals surface area contributed by atoms with Crippen LogP contribution in [0.15, 0.2) is 29.6 Å². The van der Waals surface area contributed by atoms with Gasteiger partial charge in [0.2, 0.25) is 5.88 Å². The van der Waals surface area contributed by atoms with E-state index in [2.05, 4.69) is 40.0 Å². The molecule has 2 heterocycles. The topological polar surface area (TPSA) is 47.0 Å². The van der Waals surface area contributed by atoms with E-state index in [0.29, 0.717) is 5.88 Å². The van der Waals surface area contributed by atoms with Crippen molar-refractivity contribution < 1.29 is 4.74 Å². The molecule has 1 N–H and O–H groups in total. The maximum Gasteiger partial charge on any atom is 0.233 e. The molecule has 1 unspecified atom stereocenters. The average molecular weight is 291 g/mol. The molecule has 0 radical (unpaired) electrons. The van der Waals surface area contributed by atoms with E-state index in [-0.39, 0.29) is 6.04 Å². The van der Waals surface area contributed by atoms with E-state index >= 15 is 0 Å². The van der Waals surface area contributed by atoms with Crippen molar-refractivity contribution in [3.8, 4) is 5.88 Å². The van der Waals surface area contributed by atoms with E-state index < -0.39 is 0 Å². The van der Waals surface area contributed by atoms with Crippen LogP contribution in [-0.4, -0.2) is 23.9 Å². The molecular formula is C15H21N3OS. The minimum atomic E-state index is 0.246. The molecule has 0 aliphatic carbocycles. The van der Waals surface area contributed by atoms with Crippen molar-refractivity contribution in [3.05, 3.63) is 40.2 Å². The normalized spacial score (nSPS) is 12.3. The predicted octanol–water partition coefficient (Wildman–Crippen LogP) is 3.22. The van der Waals surface area contributed by atoms with E-state index in [0.717, 1.165) is 31.5 Å². The minimum Gasteiger partial charge on any atom is -0.480 e. The van der Waals surface area contributed by atoms with Crippen molar-refractivity contribution in [1.29, 1.82) is 0 Å². The fourth-order valence-corrected chi connectivity index (χ4v) is 2.76. The molecule has 0 amide bonds. The van der Waals surface area contributed by atoms with Gasteiger partial charge in [0, 0.05) is 10.9 Å². The highest BCUT2D eigenvalue weighted by molar-refractivity contribution is 7.09. The van der Waals surface area contributed by atoms with Gasteiger partial charge in [0.25, 0.3) is 0 Å². The molecule has 0 aliphatic heterocycles. The first-order chi connectivity index (χ1) is 9.83. The zero-order valence-electron chi connectivity index (χ0n) is 12.0. The molecule has 0 bridgehead atoms. The highest BCUT2D eigenvalue weighted by Gasteiger charge is 2.13. The minimum absolute atomic E-state index is 0.246. The van der Waals surface area contributed by atoms with E-state index in [1.165, 1.54) is 4.88 Å². The number of hydrogen-bond donors (Lipinski definition) is 1. The molecule has 0 saturated heterocycles. The van der Waals surface area contributed by atoms with Gasteiger partial charge in [0.1, 0.15) is 0 Å². The smallest absolute Gasteiger partial charge is 0.233 e. The van der Waals surface area contributed by atoms with Crippen molar-refractivity contribution in [3.63, 3.8) is 0 Å². The number of aryl methyl sites for hydroxylation is 1. The van der Waals surface area contributed by atoms with Crippen LogP contribution in [0.2, 0.25) is 0 Å². The lowest BCUT2D eigenvalue weighted by atomic mass is 10.1. The van der Waals surface area contributed by atoms with Crippen LogP contribution < -0.4 is 10.1 Å². The number of nitrogens with one attached hydrogen (secondary N) is 1. The average Bonchev–Trinajstić information content (AvgIpc) is 3.01. The van der Waals surface area contributed by atoms with Crippen molar-refractivity contribution in [2.45, 2.75) is 32.2 Å². The molecule has 2 rings (SSSR count). The van der Waals surface area contributed by atoms with Crippen molar-refractivity contribution >= 4 is 11.3 Å². The largest absolute Gasteiger partial charge is 0.480 e. The highest BCUT2D eigenvalue weighted by atomic mass is 32.1. The molecule has 0 aliphatic rings. The third kappa shape index (κ3) is 4.28. The summed E-state index contributed by atoms with van der Waals surface area (Å²) in [6.45, 7) is 3.16. The Morgan fingerprint density at radius 3 is 2.80 bits per heavy atom. The molecule has 5 heteroatoms. The van der Waals surface area contributed by atoms with Crippen LogP contribution in [-0.2, 0) is 6.42 Å². The fraction of sp³-hybridized carbons (Fsp3) is 0.467. The van der Waals surface area contributed by atoms with Gasteiger partial charge in [-0.1, -0.05) is 13.0 Å². The first-order valence-corrected chi connectivity index (χ1v) is 7.84. The zero-order chi connectivity index (χ0) is 14.2. The summed E-state index contributed by atoms with van der Waals surface area (Å²) >= 11 is 1.81. The van der Waals surface area contributed by atoms with Gasteiger partial charge in [0.05, 0.1) is 18.8 Å². The predicted molar refractivity (Wildman–Crippen MR) is 82.3 cm³/mol. The molecule has 20 heavy (non-hydrogen) atoms. The van der Waals surface area contributed by atoms with Crippen LogP contribution in [0.3, 0.4) is 0 Å². The first-order valence-electron chi connectivity index (χ1n) is 6.97. The summed E-state index contributed by atoms with van der Waals surface area (Å²) in [5.41, 5.74) is 0.982. The summed E-state index contributed by atoms with van der Waals surface area (Å²) in [7, 11) is 1.60. The monoisotopic (exact) mass is 291 g/mol. The SMILES string of the molecule is CCCNC(CCc1cccs1)c1ccc(OC)nn1. The lowest BCUT2D eigenvalue weighted by Crippen LogP contribution is -2.23. The maximum absolute atomic E-state index is 5.06. The number of thiophene rings is 1. The maximum atomic E-state index is 5.06. The van der Waals surface area contributed by atoms with Crippen LogP contribution in [0.25, 0.3) is 0 Å². The van der Waals surface area contributed by atoms with E-state index in [1.54, 1.807) is 18.4 Å². The van der Waals surface area contributed by atoms with E-state index in [1.807, 2.05) is 12.1 Å². The van der Waals surface area contributed by atoms with Crippen molar-refractivity contribution in [2.24, 2.45) is 0 Å². The molecule has 1 atom stereocenters. The Kier molecular flexibility index (Phi) is 5.95. The highest BCUT2D eigenvalue weighted by Crippen LogP contribution is 2.20.